The Bertz CT molecular complexity index is 1030. The van der Waals surface area contributed by atoms with Crippen molar-refractivity contribution in [1.29, 1.82) is 0 Å². The van der Waals surface area contributed by atoms with Crippen LogP contribution in [0.15, 0.2) is 70.6 Å². The van der Waals surface area contributed by atoms with E-state index in [1.54, 1.807) is 22.2 Å². The lowest BCUT2D eigenvalue weighted by Crippen LogP contribution is -2.25. The third-order valence-electron chi connectivity index (χ3n) is 4.19. The van der Waals surface area contributed by atoms with Gasteiger partial charge in [0.1, 0.15) is 11.5 Å². The minimum absolute atomic E-state index is 0.155. The highest BCUT2D eigenvalue weighted by molar-refractivity contribution is 7.09. The van der Waals surface area contributed by atoms with Crippen LogP contribution in [0.5, 0.6) is 0 Å². The summed E-state index contributed by atoms with van der Waals surface area (Å²) in [5.74, 6) is 1.21. The van der Waals surface area contributed by atoms with Crippen molar-refractivity contribution >= 4 is 17.2 Å². The lowest BCUT2D eigenvalue weighted by atomic mass is 10.2. The van der Waals surface area contributed by atoms with E-state index in [4.69, 9.17) is 4.42 Å². The SMILES string of the molecule is Cc1ccc(-c2nn(-c3ccccc3)cc2C(=O)NCCc2cccs2)o1. The number of hydrogen-bond acceptors (Lipinski definition) is 4. The highest BCUT2D eigenvalue weighted by atomic mass is 32.1. The largest absolute Gasteiger partial charge is 0.460 e. The summed E-state index contributed by atoms with van der Waals surface area (Å²) in [5.41, 5.74) is 1.93. The summed E-state index contributed by atoms with van der Waals surface area (Å²) in [6.45, 7) is 2.45. The zero-order chi connectivity index (χ0) is 18.6. The van der Waals surface area contributed by atoms with E-state index in [1.807, 2.05) is 60.8 Å². The second-order valence-corrected chi connectivity index (χ2v) is 7.20. The Morgan fingerprint density at radius 1 is 1.15 bits per heavy atom. The first-order chi connectivity index (χ1) is 13.2. The molecule has 6 heteroatoms. The van der Waals surface area contributed by atoms with Crippen LogP contribution in [-0.2, 0) is 6.42 Å². The second kappa shape index (κ2) is 7.63. The number of amides is 1. The van der Waals surface area contributed by atoms with Gasteiger partial charge in [-0.25, -0.2) is 4.68 Å². The van der Waals surface area contributed by atoms with Gasteiger partial charge in [-0.1, -0.05) is 24.3 Å². The third kappa shape index (κ3) is 3.85. The van der Waals surface area contributed by atoms with Crippen molar-refractivity contribution in [1.82, 2.24) is 15.1 Å². The van der Waals surface area contributed by atoms with Crippen molar-refractivity contribution in [3.63, 3.8) is 0 Å². The molecule has 0 radical (unpaired) electrons. The summed E-state index contributed by atoms with van der Waals surface area (Å²) in [5, 5.41) is 9.64. The normalized spacial score (nSPS) is 10.9. The van der Waals surface area contributed by atoms with Crippen LogP contribution in [0.4, 0.5) is 0 Å². The van der Waals surface area contributed by atoms with Gasteiger partial charge in [0.25, 0.3) is 5.91 Å². The summed E-state index contributed by atoms with van der Waals surface area (Å²) >= 11 is 1.69. The highest BCUT2D eigenvalue weighted by Crippen LogP contribution is 2.25. The Morgan fingerprint density at radius 3 is 2.70 bits per heavy atom. The van der Waals surface area contributed by atoms with Gasteiger partial charge in [0.15, 0.2) is 5.76 Å². The molecule has 0 fully saturated rings. The Morgan fingerprint density at radius 2 is 2.00 bits per heavy atom. The van der Waals surface area contributed by atoms with E-state index in [0.29, 0.717) is 23.6 Å². The molecule has 0 aliphatic heterocycles. The van der Waals surface area contributed by atoms with Crippen molar-refractivity contribution in [3.8, 4) is 17.1 Å². The van der Waals surface area contributed by atoms with Crippen molar-refractivity contribution in [2.75, 3.05) is 6.54 Å². The van der Waals surface area contributed by atoms with E-state index in [0.717, 1.165) is 17.9 Å². The van der Waals surface area contributed by atoms with Gasteiger partial charge in [0.05, 0.1) is 11.3 Å². The number of hydrogen-bond donors (Lipinski definition) is 1. The first kappa shape index (κ1) is 17.3. The number of benzene rings is 1. The van der Waals surface area contributed by atoms with E-state index >= 15 is 0 Å². The lowest BCUT2D eigenvalue weighted by Gasteiger charge is -2.03. The predicted octanol–water partition coefficient (Wildman–Crippen LogP) is 4.47. The number of furan rings is 1. The molecule has 3 heterocycles. The van der Waals surface area contributed by atoms with Crippen molar-refractivity contribution in [3.05, 3.63) is 82.4 Å². The standard InChI is InChI=1S/C21H19N3O2S/c1-15-9-10-19(26-15)20-18(14-24(23-20)16-6-3-2-4-7-16)21(25)22-12-11-17-8-5-13-27-17/h2-10,13-14H,11-12H2,1H3,(H,22,25). The van der Waals surface area contributed by atoms with Crippen LogP contribution < -0.4 is 5.32 Å². The molecule has 1 amide bonds. The van der Waals surface area contributed by atoms with Gasteiger partial charge in [-0.3, -0.25) is 4.79 Å². The third-order valence-corrected chi connectivity index (χ3v) is 5.13. The van der Waals surface area contributed by atoms with Gasteiger partial charge in [0, 0.05) is 17.6 Å². The maximum atomic E-state index is 12.8. The maximum Gasteiger partial charge on any atom is 0.255 e. The molecular weight excluding hydrogens is 358 g/mol. The molecule has 0 atom stereocenters. The minimum atomic E-state index is -0.155. The van der Waals surface area contributed by atoms with Crippen LogP contribution in [0, 0.1) is 6.92 Å². The molecule has 27 heavy (non-hydrogen) atoms. The van der Waals surface area contributed by atoms with Gasteiger partial charge in [-0.15, -0.1) is 11.3 Å². The summed E-state index contributed by atoms with van der Waals surface area (Å²) < 4.78 is 7.43. The molecule has 1 aromatic carbocycles. The molecule has 0 saturated carbocycles. The molecule has 0 spiro atoms. The molecule has 4 aromatic rings. The van der Waals surface area contributed by atoms with Gasteiger partial charge >= 0.3 is 0 Å². The molecule has 1 N–H and O–H groups in total. The van der Waals surface area contributed by atoms with E-state index in [9.17, 15) is 4.79 Å². The fourth-order valence-corrected chi connectivity index (χ4v) is 3.56. The molecule has 0 aliphatic carbocycles. The van der Waals surface area contributed by atoms with Gasteiger partial charge < -0.3 is 9.73 Å². The molecule has 0 unspecified atom stereocenters. The first-order valence-corrected chi connectivity index (χ1v) is 9.61. The summed E-state index contributed by atoms with van der Waals surface area (Å²) in [6.07, 6.45) is 2.56. The fourth-order valence-electron chi connectivity index (χ4n) is 2.85. The summed E-state index contributed by atoms with van der Waals surface area (Å²) in [7, 11) is 0. The Hall–Kier alpha value is -3.12. The van der Waals surface area contributed by atoms with E-state index in [1.165, 1.54) is 4.88 Å². The van der Waals surface area contributed by atoms with Crippen LogP contribution in [0.1, 0.15) is 21.0 Å². The van der Waals surface area contributed by atoms with Crippen LogP contribution in [0.25, 0.3) is 17.1 Å². The smallest absolute Gasteiger partial charge is 0.255 e. The number of aromatic nitrogens is 2. The van der Waals surface area contributed by atoms with E-state index in [2.05, 4.69) is 16.5 Å². The van der Waals surface area contributed by atoms with Crippen LogP contribution in [0.3, 0.4) is 0 Å². The van der Waals surface area contributed by atoms with Crippen molar-refractivity contribution < 1.29 is 9.21 Å². The summed E-state index contributed by atoms with van der Waals surface area (Å²) in [6, 6.07) is 17.5. The molecular formula is C21H19N3O2S. The number of carbonyl (C=O) groups is 1. The molecule has 0 aliphatic rings. The molecule has 136 valence electrons. The number of aryl methyl sites for hydroxylation is 1. The average molecular weight is 377 g/mol. The molecule has 4 rings (SSSR count). The number of rotatable bonds is 6. The monoisotopic (exact) mass is 377 g/mol. The van der Waals surface area contributed by atoms with Gasteiger partial charge in [-0.2, -0.15) is 5.10 Å². The van der Waals surface area contributed by atoms with E-state index in [-0.39, 0.29) is 5.91 Å². The quantitative estimate of drug-likeness (QED) is 0.539. The van der Waals surface area contributed by atoms with Crippen LogP contribution >= 0.6 is 11.3 Å². The second-order valence-electron chi connectivity index (χ2n) is 6.17. The Kier molecular flexibility index (Phi) is 4.89. The number of nitrogens with zero attached hydrogens (tertiary/aromatic N) is 2. The van der Waals surface area contributed by atoms with Crippen LogP contribution in [-0.4, -0.2) is 22.2 Å². The summed E-state index contributed by atoms with van der Waals surface area (Å²) in [4.78, 5) is 14.1. The minimum Gasteiger partial charge on any atom is -0.460 e. The highest BCUT2D eigenvalue weighted by Gasteiger charge is 2.20. The maximum absolute atomic E-state index is 12.8. The average Bonchev–Trinajstić information content (AvgIpc) is 3.42. The Balaban J connectivity index is 1.61. The predicted molar refractivity (Wildman–Crippen MR) is 106 cm³/mol. The van der Waals surface area contributed by atoms with Gasteiger partial charge in [0.2, 0.25) is 0 Å². The zero-order valence-electron chi connectivity index (χ0n) is 14.9. The number of para-hydroxylation sites is 1. The fraction of sp³-hybridized carbons (Fsp3) is 0.143. The first-order valence-electron chi connectivity index (χ1n) is 8.73. The molecule has 3 aromatic heterocycles. The lowest BCUT2D eigenvalue weighted by molar-refractivity contribution is 0.0954. The molecule has 5 nitrogen and oxygen atoms in total. The van der Waals surface area contributed by atoms with Crippen molar-refractivity contribution in [2.24, 2.45) is 0 Å². The Labute approximate surface area is 161 Å². The van der Waals surface area contributed by atoms with Gasteiger partial charge in [-0.05, 0) is 49.1 Å². The number of nitrogens with one attached hydrogen (secondary N) is 1. The number of carbonyl (C=O) groups excluding carboxylic acids is 1. The van der Waals surface area contributed by atoms with E-state index < -0.39 is 0 Å². The van der Waals surface area contributed by atoms with Crippen molar-refractivity contribution in [2.45, 2.75) is 13.3 Å². The van der Waals surface area contributed by atoms with Crippen LogP contribution in [0.2, 0.25) is 0 Å². The molecule has 0 saturated heterocycles. The number of thiophene rings is 1. The molecule has 0 bridgehead atoms. The topological polar surface area (TPSA) is 60.1 Å². The zero-order valence-corrected chi connectivity index (χ0v) is 15.7.